The zero-order chi connectivity index (χ0) is 15.0. The summed E-state index contributed by atoms with van der Waals surface area (Å²) in [5, 5.41) is 9.97. The smallest absolute Gasteiger partial charge is 0.167 e. The first-order valence-corrected chi connectivity index (χ1v) is 7.23. The zero-order valence-electron chi connectivity index (χ0n) is 12.6. The van der Waals surface area contributed by atoms with Gasteiger partial charge >= 0.3 is 0 Å². The van der Waals surface area contributed by atoms with Crippen molar-refractivity contribution in [2.24, 2.45) is 0 Å². The first-order chi connectivity index (χ1) is 9.60. The van der Waals surface area contributed by atoms with E-state index in [9.17, 15) is 9.90 Å². The molecule has 0 radical (unpaired) electrons. The van der Waals surface area contributed by atoms with Gasteiger partial charge in [-0.2, -0.15) is 0 Å². The molecule has 1 aromatic carbocycles. The molecule has 0 saturated carbocycles. The molecule has 0 unspecified atom stereocenters. The van der Waals surface area contributed by atoms with E-state index in [2.05, 4.69) is 13.8 Å². The van der Waals surface area contributed by atoms with E-state index in [0.29, 0.717) is 24.7 Å². The molecule has 0 amide bonds. The van der Waals surface area contributed by atoms with Crippen LogP contribution in [0.3, 0.4) is 0 Å². The molecule has 0 aliphatic rings. The first-order valence-electron chi connectivity index (χ1n) is 7.23. The summed E-state index contributed by atoms with van der Waals surface area (Å²) in [6.07, 6.45) is 3.89. The predicted molar refractivity (Wildman–Crippen MR) is 78.9 cm³/mol. The van der Waals surface area contributed by atoms with E-state index in [1.54, 1.807) is 6.07 Å². The van der Waals surface area contributed by atoms with Crippen LogP contribution in [0.4, 0.5) is 0 Å². The number of phenolic OH excluding ortho intramolecular Hbond substituents is 1. The number of ether oxygens (including phenoxy) is 2. The maximum absolute atomic E-state index is 11.6. The van der Waals surface area contributed by atoms with Crippen molar-refractivity contribution in [1.29, 1.82) is 0 Å². The highest BCUT2D eigenvalue weighted by Gasteiger charge is 2.16. The minimum atomic E-state index is -0.214. The van der Waals surface area contributed by atoms with E-state index in [4.69, 9.17) is 9.47 Å². The maximum Gasteiger partial charge on any atom is 0.167 e. The summed E-state index contributed by atoms with van der Waals surface area (Å²) in [5.74, 6) is 0.636. The highest BCUT2D eigenvalue weighted by molar-refractivity contribution is 5.99. The molecule has 20 heavy (non-hydrogen) atoms. The van der Waals surface area contributed by atoms with Crippen molar-refractivity contribution in [3.8, 4) is 17.2 Å². The molecule has 0 fully saturated rings. The van der Waals surface area contributed by atoms with Gasteiger partial charge < -0.3 is 14.6 Å². The maximum atomic E-state index is 11.6. The molecule has 0 heterocycles. The fraction of sp³-hybridized carbons (Fsp3) is 0.562. The van der Waals surface area contributed by atoms with Gasteiger partial charge in [0.1, 0.15) is 22.8 Å². The molecule has 0 bridgehead atoms. The normalized spacial score (nSPS) is 10.3. The van der Waals surface area contributed by atoms with Gasteiger partial charge in [-0.05, 0) is 19.8 Å². The molecule has 4 nitrogen and oxygen atoms in total. The number of aromatic hydroxyl groups is 1. The molecule has 4 heteroatoms. The SMILES string of the molecule is CCCCOc1cc(O)c(C(C)=O)c(OCCCC)c1. The molecule has 1 rings (SSSR count). The Balaban J connectivity index is 2.92. The number of Topliss-reactive ketones (excluding diaryl/α,β-unsaturated/α-hetero) is 1. The molecule has 1 N–H and O–H groups in total. The van der Waals surface area contributed by atoms with Gasteiger partial charge in [-0.3, -0.25) is 4.79 Å². The average Bonchev–Trinajstić information content (AvgIpc) is 2.38. The summed E-state index contributed by atoms with van der Waals surface area (Å²) >= 11 is 0. The van der Waals surface area contributed by atoms with Crippen LogP contribution in [0.15, 0.2) is 12.1 Å². The van der Waals surface area contributed by atoms with E-state index in [1.165, 1.54) is 13.0 Å². The third-order valence-corrected chi connectivity index (χ3v) is 2.93. The Hall–Kier alpha value is -1.71. The van der Waals surface area contributed by atoms with Crippen LogP contribution in [0.25, 0.3) is 0 Å². The molecule has 0 spiro atoms. The Kier molecular flexibility index (Phi) is 6.91. The quantitative estimate of drug-likeness (QED) is 0.549. The van der Waals surface area contributed by atoms with E-state index in [0.717, 1.165) is 25.7 Å². The topological polar surface area (TPSA) is 55.8 Å². The van der Waals surface area contributed by atoms with Crippen molar-refractivity contribution >= 4 is 5.78 Å². The molecule has 0 aliphatic carbocycles. The van der Waals surface area contributed by atoms with Gasteiger partial charge in [-0.25, -0.2) is 0 Å². The monoisotopic (exact) mass is 280 g/mol. The van der Waals surface area contributed by atoms with Crippen molar-refractivity contribution in [3.63, 3.8) is 0 Å². The number of carbonyl (C=O) groups is 1. The third kappa shape index (κ3) is 4.76. The second kappa shape index (κ2) is 8.46. The van der Waals surface area contributed by atoms with E-state index in [-0.39, 0.29) is 17.1 Å². The molecule has 0 atom stereocenters. The Morgan fingerprint density at radius 3 is 2.25 bits per heavy atom. The van der Waals surface area contributed by atoms with Crippen molar-refractivity contribution in [2.75, 3.05) is 13.2 Å². The molecular weight excluding hydrogens is 256 g/mol. The summed E-state index contributed by atoms with van der Waals surface area (Å²) in [5.41, 5.74) is 0.226. The number of hydrogen-bond donors (Lipinski definition) is 1. The molecule has 112 valence electrons. The minimum Gasteiger partial charge on any atom is -0.507 e. The van der Waals surface area contributed by atoms with Crippen LogP contribution >= 0.6 is 0 Å². The number of ketones is 1. The molecule has 1 aromatic rings. The largest absolute Gasteiger partial charge is 0.507 e. The average molecular weight is 280 g/mol. The summed E-state index contributed by atoms with van der Waals surface area (Å²) in [6, 6.07) is 3.15. The second-order valence-corrected chi connectivity index (χ2v) is 4.78. The van der Waals surface area contributed by atoms with Crippen LogP contribution < -0.4 is 9.47 Å². The highest BCUT2D eigenvalue weighted by Crippen LogP contribution is 2.34. The van der Waals surface area contributed by atoms with Gasteiger partial charge in [-0.1, -0.05) is 26.7 Å². The van der Waals surface area contributed by atoms with Crippen LogP contribution in [0.1, 0.15) is 56.8 Å². The molecule has 0 saturated heterocycles. The van der Waals surface area contributed by atoms with Crippen molar-refractivity contribution in [1.82, 2.24) is 0 Å². The van der Waals surface area contributed by atoms with Crippen LogP contribution in [-0.4, -0.2) is 24.1 Å². The van der Waals surface area contributed by atoms with Crippen molar-refractivity contribution in [2.45, 2.75) is 46.5 Å². The van der Waals surface area contributed by atoms with E-state index in [1.807, 2.05) is 0 Å². The Bertz CT molecular complexity index is 440. The minimum absolute atomic E-state index is 0.0852. The Morgan fingerprint density at radius 2 is 1.70 bits per heavy atom. The number of carbonyl (C=O) groups excluding carboxylic acids is 1. The summed E-state index contributed by atoms with van der Waals surface area (Å²) < 4.78 is 11.2. The van der Waals surface area contributed by atoms with Gasteiger partial charge in [0.2, 0.25) is 0 Å². The standard InChI is InChI=1S/C16H24O4/c1-4-6-8-19-13-10-14(18)16(12(3)17)15(11-13)20-9-7-5-2/h10-11,18H,4-9H2,1-3H3. The lowest BCUT2D eigenvalue weighted by molar-refractivity contribution is 0.101. The lowest BCUT2D eigenvalue weighted by Gasteiger charge is -2.14. The summed E-state index contributed by atoms with van der Waals surface area (Å²) in [7, 11) is 0. The van der Waals surface area contributed by atoms with Gasteiger partial charge in [0.05, 0.1) is 13.2 Å². The molecular formula is C16H24O4. The lowest BCUT2D eigenvalue weighted by atomic mass is 10.1. The van der Waals surface area contributed by atoms with Gasteiger partial charge in [0.25, 0.3) is 0 Å². The number of rotatable bonds is 9. The number of hydrogen-bond acceptors (Lipinski definition) is 4. The van der Waals surface area contributed by atoms with Crippen LogP contribution in [0, 0.1) is 0 Å². The lowest BCUT2D eigenvalue weighted by Crippen LogP contribution is -2.05. The Labute approximate surface area is 120 Å². The van der Waals surface area contributed by atoms with E-state index >= 15 is 0 Å². The third-order valence-electron chi connectivity index (χ3n) is 2.93. The fourth-order valence-electron chi connectivity index (χ4n) is 1.79. The van der Waals surface area contributed by atoms with Crippen LogP contribution in [0.5, 0.6) is 17.2 Å². The van der Waals surface area contributed by atoms with Crippen molar-refractivity contribution < 1.29 is 19.4 Å². The summed E-state index contributed by atoms with van der Waals surface area (Å²) in [4.78, 5) is 11.6. The first kappa shape index (κ1) is 16.3. The molecule has 0 aromatic heterocycles. The fourth-order valence-corrected chi connectivity index (χ4v) is 1.79. The van der Waals surface area contributed by atoms with E-state index < -0.39 is 0 Å². The van der Waals surface area contributed by atoms with Gasteiger partial charge in [0.15, 0.2) is 5.78 Å². The second-order valence-electron chi connectivity index (χ2n) is 4.78. The Morgan fingerprint density at radius 1 is 1.10 bits per heavy atom. The number of phenols is 1. The summed E-state index contributed by atoms with van der Waals surface area (Å²) in [6.45, 7) is 6.67. The van der Waals surface area contributed by atoms with Crippen molar-refractivity contribution in [3.05, 3.63) is 17.7 Å². The number of unbranched alkanes of at least 4 members (excludes halogenated alkanes) is 2. The van der Waals surface area contributed by atoms with Gasteiger partial charge in [0, 0.05) is 12.1 Å². The molecule has 0 aliphatic heterocycles. The highest BCUT2D eigenvalue weighted by atomic mass is 16.5. The number of benzene rings is 1. The zero-order valence-corrected chi connectivity index (χ0v) is 12.6. The van der Waals surface area contributed by atoms with Gasteiger partial charge in [-0.15, -0.1) is 0 Å². The van der Waals surface area contributed by atoms with Crippen LogP contribution in [-0.2, 0) is 0 Å². The van der Waals surface area contributed by atoms with Crippen LogP contribution in [0.2, 0.25) is 0 Å². The predicted octanol–water partition coefficient (Wildman–Crippen LogP) is 3.95.